The maximum atomic E-state index is 13.1. The van der Waals surface area contributed by atoms with Gasteiger partial charge in [0.05, 0.1) is 12.1 Å². The van der Waals surface area contributed by atoms with Crippen molar-refractivity contribution in [2.75, 3.05) is 11.4 Å². The van der Waals surface area contributed by atoms with Gasteiger partial charge in [-0.2, -0.15) is 0 Å². The van der Waals surface area contributed by atoms with E-state index in [-0.39, 0.29) is 30.1 Å². The molecule has 1 aliphatic heterocycles. The number of imide groups is 1. The summed E-state index contributed by atoms with van der Waals surface area (Å²) in [4.78, 5) is 41.6. The van der Waals surface area contributed by atoms with Crippen LogP contribution in [0, 0.1) is 5.92 Å². The van der Waals surface area contributed by atoms with Crippen LogP contribution in [0.1, 0.15) is 51.4 Å². The first-order valence-electron chi connectivity index (χ1n) is 10.2. The van der Waals surface area contributed by atoms with Crippen molar-refractivity contribution in [2.24, 2.45) is 5.92 Å². The molecule has 1 saturated heterocycles. The van der Waals surface area contributed by atoms with E-state index in [1.165, 1.54) is 23.3 Å². The van der Waals surface area contributed by atoms with Gasteiger partial charge in [-0.15, -0.1) is 0 Å². The number of amides is 3. The first-order valence-corrected chi connectivity index (χ1v) is 10.9. The molecule has 1 heterocycles. The molecule has 0 spiro atoms. The second kappa shape index (κ2) is 8.19. The highest BCUT2D eigenvalue weighted by atomic mass is 79.9. The molecule has 1 aromatic rings. The fourth-order valence-corrected chi connectivity index (χ4v) is 4.37. The molecule has 5 nitrogen and oxygen atoms in total. The molecule has 3 aliphatic rings. The molecule has 2 aliphatic carbocycles. The predicted molar refractivity (Wildman–Crippen MR) is 111 cm³/mol. The fraction of sp³-hybridized carbons (Fsp3) is 0.500. The summed E-state index contributed by atoms with van der Waals surface area (Å²) in [6.45, 7) is 0.527. The van der Waals surface area contributed by atoms with E-state index in [2.05, 4.69) is 22.0 Å². The molecule has 0 N–H and O–H groups in total. The lowest BCUT2D eigenvalue weighted by Crippen LogP contribution is -2.46. The normalized spacial score (nSPS) is 22.4. The molecule has 148 valence electrons. The van der Waals surface area contributed by atoms with E-state index < -0.39 is 6.04 Å². The van der Waals surface area contributed by atoms with Crippen molar-refractivity contribution in [3.05, 3.63) is 40.4 Å². The molecular formula is C22H25BrN2O3. The Morgan fingerprint density at radius 3 is 2.54 bits per heavy atom. The average molecular weight is 445 g/mol. The maximum Gasteiger partial charge on any atom is 0.257 e. The van der Waals surface area contributed by atoms with Crippen molar-refractivity contribution in [3.8, 4) is 0 Å². The topological polar surface area (TPSA) is 57.7 Å². The Morgan fingerprint density at radius 1 is 1.14 bits per heavy atom. The fourth-order valence-electron chi connectivity index (χ4n) is 4.10. The van der Waals surface area contributed by atoms with Crippen LogP contribution in [-0.4, -0.2) is 35.2 Å². The van der Waals surface area contributed by atoms with Crippen LogP contribution in [-0.2, 0) is 14.4 Å². The van der Waals surface area contributed by atoms with E-state index >= 15 is 0 Å². The van der Waals surface area contributed by atoms with Crippen LogP contribution >= 0.6 is 15.9 Å². The van der Waals surface area contributed by atoms with E-state index in [0.717, 1.165) is 36.6 Å². The molecule has 1 saturated carbocycles. The predicted octanol–water partition coefficient (Wildman–Crippen LogP) is 4.21. The second-order valence-corrected chi connectivity index (χ2v) is 8.84. The number of nitrogens with zero attached hydrogens (tertiary/aromatic N) is 2. The smallest absolute Gasteiger partial charge is 0.257 e. The number of allylic oxidation sites excluding steroid dienone is 1. The average Bonchev–Trinajstić information content (AvgIpc) is 3.50. The Bertz CT molecular complexity index is 814. The van der Waals surface area contributed by atoms with Crippen molar-refractivity contribution in [1.82, 2.24) is 4.90 Å². The Morgan fingerprint density at radius 2 is 1.89 bits per heavy atom. The Labute approximate surface area is 173 Å². The Kier molecular flexibility index (Phi) is 5.67. The quantitative estimate of drug-likeness (QED) is 0.487. The van der Waals surface area contributed by atoms with Crippen LogP contribution < -0.4 is 4.90 Å². The molecular weight excluding hydrogens is 420 g/mol. The summed E-state index contributed by atoms with van der Waals surface area (Å²) in [6.07, 6.45) is 9.54. The van der Waals surface area contributed by atoms with Gasteiger partial charge in [-0.1, -0.05) is 27.6 Å². The van der Waals surface area contributed by atoms with Crippen LogP contribution in [0.15, 0.2) is 40.4 Å². The van der Waals surface area contributed by atoms with Gasteiger partial charge in [0.25, 0.3) is 5.91 Å². The highest BCUT2D eigenvalue weighted by Gasteiger charge is 2.46. The third-order valence-electron chi connectivity index (χ3n) is 5.85. The molecule has 1 atom stereocenters. The summed E-state index contributed by atoms with van der Waals surface area (Å²) in [6, 6.07) is 6.45. The number of benzene rings is 1. The SMILES string of the molecule is O=C1CC(N(CCC2=CCCCC2)C(=O)C2CC2)C(=O)N1c1ccc(Br)cc1. The number of hydrogen-bond donors (Lipinski definition) is 0. The number of carbonyl (C=O) groups is 3. The standard InChI is InChI=1S/C22H25BrN2O3/c23-17-8-10-18(11-9-17)25-20(26)14-19(22(25)28)24(21(27)16-6-7-16)13-12-15-4-2-1-3-5-15/h4,8-11,16,19H,1-3,5-7,12-14H2. The first-order chi connectivity index (χ1) is 13.5. The molecule has 6 heteroatoms. The van der Waals surface area contributed by atoms with Crippen LogP contribution in [0.4, 0.5) is 5.69 Å². The minimum Gasteiger partial charge on any atom is -0.330 e. The number of halogens is 1. The zero-order valence-corrected chi connectivity index (χ0v) is 17.5. The van der Waals surface area contributed by atoms with E-state index in [4.69, 9.17) is 0 Å². The van der Waals surface area contributed by atoms with Crippen molar-refractivity contribution in [3.63, 3.8) is 0 Å². The largest absolute Gasteiger partial charge is 0.330 e. The van der Waals surface area contributed by atoms with Crippen LogP contribution in [0.5, 0.6) is 0 Å². The molecule has 0 radical (unpaired) electrons. The van der Waals surface area contributed by atoms with Gasteiger partial charge < -0.3 is 4.90 Å². The van der Waals surface area contributed by atoms with Gasteiger partial charge in [0, 0.05) is 16.9 Å². The van der Waals surface area contributed by atoms with Gasteiger partial charge in [-0.05, 0) is 69.2 Å². The Balaban J connectivity index is 1.52. The number of rotatable bonds is 6. The Hall–Kier alpha value is -1.95. The third-order valence-corrected chi connectivity index (χ3v) is 6.38. The summed E-state index contributed by atoms with van der Waals surface area (Å²) >= 11 is 3.37. The number of anilines is 1. The zero-order valence-electron chi connectivity index (χ0n) is 15.9. The van der Waals surface area contributed by atoms with Crippen molar-refractivity contribution in [1.29, 1.82) is 0 Å². The van der Waals surface area contributed by atoms with Gasteiger partial charge in [-0.25, -0.2) is 4.90 Å². The van der Waals surface area contributed by atoms with Gasteiger partial charge in [0.1, 0.15) is 6.04 Å². The summed E-state index contributed by atoms with van der Waals surface area (Å²) in [7, 11) is 0. The zero-order chi connectivity index (χ0) is 19.7. The molecule has 0 aromatic heterocycles. The lowest BCUT2D eigenvalue weighted by Gasteiger charge is -2.28. The van der Waals surface area contributed by atoms with Gasteiger partial charge in [0.2, 0.25) is 11.8 Å². The van der Waals surface area contributed by atoms with E-state index in [0.29, 0.717) is 12.2 Å². The van der Waals surface area contributed by atoms with Crippen molar-refractivity contribution < 1.29 is 14.4 Å². The van der Waals surface area contributed by atoms with Crippen LogP contribution in [0.2, 0.25) is 0 Å². The molecule has 2 fully saturated rings. The summed E-state index contributed by atoms with van der Waals surface area (Å²) in [5.41, 5.74) is 1.94. The minimum atomic E-state index is -0.673. The van der Waals surface area contributed by atoms with Gasteiger partial charge >= 0.3 is 0 Å². The first kappa shape index (κ1) is 19.4. The second-order valence-electron chi connectivity index (χ2n) is 7.93. The van der Waals surface area contributed by atoms with E-state index in [1.807, 2.05) is 12.1 Å². The lowest BCUT2D eigenvalue weighted by molar-refractivity contribution is -0.139. The molecule has 1 unspecified atom stereocenters. The minimum absolute atomic E-state index is 0.0324. The van der Waals surface area contributed by atoms with Crippen LogP contribution in [0.25, 0.3) is 0 Å². The van der Waals surface area contributed by atoms with Gasteiger partial charge in [0.15, 0.2) is 0 Å². The summed E-state index contributed by atoms with van der Waals surface area (Å²) in [5.74, 6) is -0.438. The van der Waals surface area contributed by atoms with Crippen molar-refractivity contribution in [2.45, 2.75) is 57.4 Å². The highest BCUT2D eigenvalue weighted by molar-refractivity contribution is 9.10. The van der Waals surface area contributed by atoms with Crippen LogP contribution in [0.3, 0.4) is 0 Å². The number of carbonyl (C=O) groups excluding carboxylic acids is 3. The highest BCUT2D eigenvalue weighted by Crippen LogP contribution is 2.35. The molecule has 3 amide bonds. The lowest BCUT2D eigenvalue weighted by atomic mass is 9.97. The summed E-state index contributed by atoms with van der Waals surface area (Å²) in [5, 5.41) is 0. The molecule has 28 heavy (non-hydrogen) atoms. The molecule has 0 bridgehead atoms. The maximum absolute atomic E-state index is 13.1. The van der Waals surface area contributed by atoms with E-state index in [9.17, 15) is 14.4 Å². The third kappa shape index (κ3) is 4.07. The van der Waals surface area contributed by atoms with Crippen molar-refractivity contribution >= 4 is 39.3 Å². The summed E-state index contributed by atoms with van der Waals surface area (Å²) < 4.78 is 0.887. The van der Waals surface area contributed by atoms with Gasteiger partial charge in [-0.3, -0.25) is 14.4 Å². The molecule has 1 aromatic carbocycles. The monoisotopic (exact) mass is 444 g/mol. The molecule has 4 rings (SSSR count). The van der Waals surface area contributed by atoms with E-state index in [1.54, 1.807) is 17.0 Å². The number of hydrogen-bond acceptors (Lipinski definition) is 3.